The van der Waals surface area contributed by atoms with Gasteiger partial charge in [0.05, 0.1) is 12.1 Å². The van der Waals surface area contributed by atoms with Gasteiger partial charge in [-0.2, -0.15) is 0 Å². The van der Waals surface area contributed by atoms with Crippen LogP contribution in [-0.2, 0) is 6.42 Å². The zero-order chi connectivity index (χ0) is 15.9. The van der Waals surface area contributed by atoms with Crippen molar-refractivity contribution >= 4 is 6.03 Å². The Balaban J connectivity index is 1.76. The van der Waals surface area contributed by atoms with Crippen molar-refractivity contribution in [2.75, 3.05) is 26.7 Å². The molecule has 22 heavy (non-hydrogen) atoms. The van der Waals surface area contributed by atoms with Gasteiger partial charge in [0.15, 0.2) is 0 Å². The molecule has 0 aliphatic heterocycles. The first-order chi connectivity index (χ1) is 10.6. The molecule has 0 radical (unpaired) electrons. The van der Waals surface area contributed by atoms with Crippen LogP contribution < -0.4 is 10.6 Å². The summed E-state index contributed by atoms with van der Waals surface area (Å²) < 4.78 is 0. The Kier molecular flexibility index (Phi) is 6.21. The maximum Gasteiger partial charge on any atom is 0.315 e. The van der Waals surface area contributed by atoms with Gasteiger partial charge in [0, 0.05) is 19.5 Å². The van der Waals surface area contributed by atoms with Crippen molar-refractivity contribution in [1.29, 1.82) is 0 Å². The molecule has 0 bridgehead atoms. The van der Waals surface area contributed by atoms with E-state index in [1.165, 1.54) is 12.8 Å². The van der Waals surface area contributed by atoms with Crippen molar-refractivity contribution in [1.82, 2.24) is 15.5 Å². The minimum Gasteiger partial charge on any atom is -0.390 e. The van der Waals surface area contributed by atoms with Crippen LogP contribution in [0.3, 0.4) is 0 Å². The third-order valence-electron chi connectivity index (χ3n) is 4.16. The highest BCUT2D eigenvalue weighted by molar-refractivity contribution is 5.74. The summed E-state index contributed by atoms with van der Waals surface area (Å²) in [5.74, 6) is 0. The Bertz CT molecular complexity index is 493. The van der Waals surface area contributed by atoms with Gasteiger partial charge in [0.25, 0.3) is 0 Å². The van der Waals surface area contributed by atoms with E-state index in [1.54, 1.807) is 0 Å². The number of aliphatic hydroxyl groups excluding tert-OH is 1. The van der Waals surface area contributed by atoms with Crippen LogP contribution >= 0.6 is 0 Å². The second-order valence-corrected chi connectivity index (χ2v) is 6.01. The zero-order valence-corrected chi connectivity index (χ0v) is 13.5. The van der Waals surface area contributed by atoms with Crippen molar-refractivity contribution in [3.05, 3.63) is 35.4 Å². The normalized spacial score (nSPS) is 20.0. The lowest BCUT2D eigenvalue weighted by atomic mass is 10.1. The van der Waals surface area contributed by atoms with Crippen molar-refractivity contribution in [2.24, 2.45) is 0 Å². The molecule has 2 unspecified atom stereocenters. The molecular formula is C17H27N3O2. The lowest BCUT2D eigenvalue weighted by Gasteiger charge is -2.20. The molecule has 3 N–H and O–H groups in total. The lowest BCUT2D eigenvalue weighted by Crippen LogP contribution is -2.43. The largest absolute Gasteiger partial charge is 0.390 e. The molecule has 1 aliphatic rings. The minimum absolute atomic E-state index is 0.218. The second kappa shape index (κ2) is 8.15. The van der Waals surface area contributed by atoms with Gasteiger partial charge < -0.3 is 20.6 Å². The molecule has 2 atom stereocenters. The molecule has 2 amide bonds. The van der Waals surface area contributed by atoms with E-state index in [0.717, 1.165) is 24.2 Å². The number of fused-ring (bicyclic) bond motifs is 1. The van der Waals surface area contributed by atoms with E-state index >= 15 is 0 Å². The van der Waals surface area contributed by atoms with Gasteiger partial charge in [0.2, 0.25) is 0 Å². The average molecular weight is 305 g/mol. The van der Waals surface area contributed by atoms with Gasteiger partial charge in [-0.1, -0.05) is 37.6 Å². The standard InChI is InChI=1S/C17H27N3O2/c1-3-4-10-20(2)11-9-18-17(22)19-16-14-8-6-5-7-13(14)12-15(16)21/h5-8,15-16,21H,3-4,9-12H2,1-2H3,(H2,18,19,22). The topological polar surface area (TPSA) is 64.6 Å². The van der Waals surface area contributed by atoms with Crippen LogP contribution in [0.4, 0.5) is 4.79 Å². The molecule has 0 spiro atoms. The fraction of sp³-hybridized carbons (Fsp3) is 0.588. The highest BCUT2D eigenvalue weighted by Gasteiger charge is 2.31. The van der Waals surface area contributed by atoms with E-state index < -0.39 is 6.10 Å². The fourth-order valence-corrected chi connectivity index (χ4v) is 2.84. The molecular weight excluding hydrogens is 278 g/mol. The number of amides is 2. The summed E-state index contributed by atoms with van der Waals surface area (Å²) in [6.45, 7) is 4.66. The fourth-order valence-electron chi connectivity index (χ4n) is 2.84. The maximum atomic E-state index is 12.0. The molecule has 1 aromatic rings. The molecule has 0 aromatic heterocycles. The quantitative estimate of drug-likeness (QED) is 0.718. The maximum absolute atomic E-state index is 12.0. The van der Waals surface area contributed by atoms with Crippen LogP contribution in [-0.4, -0.2) is 48.8 Å². The van der Waals surface area contributed by atoms with Gasteiger partial charge >= 0.3 is 6.03 Å². The summed E-state index contributed by atoms with van der Waals surface area (Å²) in [6, 6.07) is 7.33. The Morgan fingerprint density at radius 2 is 2.14 bits per heavy atom. The Hall–Kier alpha value is -1.59. The molecule has 0 heterocycles. The third-order valence-corrected chi connectivity index (χ3v) is 4.16. The molecule has 1 aromatic carbocycles. The van der Waals surface area contributed by atoms with E-state index in [1.807, 2.05) is 24.3 Å². The van der Waals surface area contributed by atoms with Gasteiger partial charge in [-0.15, -0.1) is 0 Å². The molecule has 5 nitrogen and oxygen atoms in total. The molecule has 0 fully saturated rings. The van der Waals surface area contributed by atoms with Crippen LogP contribution in [0.25, 0.3) is 0 Å². The van der Waals surface area contributed by atoms with Crippen molar-refractivity contribution in [2.45, 2.75) is 38.3 Å². The number of carbonyl (C=O) groups excluding carboxylic acids is 1. The zero-order valence-electron chi connectivity index (χ0n) is 13.5. The summed E-state index contributed by atoms with van der Waals surface area (Å²) in [6.07, 6.45) is 2.40. The number of rotatable bonds is 7. The van der Waals surface area contributed by atoms with Crippen LogP contribution in [0.2, 0.25) is 0 Å². The molecule has 5 heteroatoms. The number of carbonyl (C=O) groups is 1. The molecule has 122 valence electrons. The predicted molar refractivity (Wildman–Crippen MR) is 87.8 cm³/mol. The van der Waals surface area contributed by atoms with E-state index in [2.05, 4.69) is 29.5 Å². The summed E-state index contributed by atoms with van der Waals surface area (Å²) in [5.41, 5.74) is 2.13. The Morgan fingerprint density at radius 1 is 1.36 bits per heavy atom. The van der Waals surface area contributed by atoms with Crippen molar-refractivity contribution in [3.63, 3.8) is 0 Å². The van der Waals surface area contributed by atoms with Crippen LogP contribution in [0.5, 0.6) is 0 Å². The number of hydrogen-bond acceptors (Lipinski definition) is 3. The number of hydrogen-bond donors (Lipinski definition) is 3. The van der Waals surface area contributed by atoms with E-state index in [0.29, 0.717) is 13.0 Å². The monoisotopic (exact) mass is 305 g/mol. The van der Waals surface area contributed by atoms with Crippen molar-refractivity contribution < 1.29 is 9.90 Å². The van der Waals surface area contributed by atoms with E-state index in [4.69, 9.17) is 0 Å². The lowest BCUT2D eigenvalue weighted by molar-refractivity contribution is 0.142. The smallest absolute Gasteiger partial charge is 0.315 e. The third kappa shape index (κ3) is 4.45. The van der Waals surface area contributed by atoms with E-state index in [9.17, 15) is 9.90 Å². The minimum atomic E-state index is -0.546. The van der Waals surface area contributed by atoms with Crippen LogP contribution in [0.15, 0.2) is 24.3 Å². The Morgan fingerprint density at radius 3 is 2.91 bits per heavy atom. The molecule has 0 saturated carbocycles. The highest BCUT2D eigenvalue weighted by Crippen LogP contribution is 2.30. The molecule has 2 rings (SSSR count). The van der Waals surface area contributed by atoms with Gasteiger partial charge in [-0.25, -0.2) is 4.79 Å². The summed E-state index contributed by atoms with van der Waals surface area (Å²) in [5, 5.41) is 15.9. The number of benzene rings is 1. The van der Waals surface area contributed by atoms with Crippen LogP contribution in [0, 0.1) is 0 Å². The van der Waals surface area contributed by atoms with Gasteiger partial charge in [-0.05, 0) is 31.1 Å². The summed E-state index contributed by atoms with van der Waals surface area (Å²) in [4.78, 5) is 14.2. The summed E-state index contributed by atoms with van der Waals surface area (Å²) >= 11 is 0. The number of aliphatic hydroxyl groups is 1. The highest BCUT2D eigenvalue weighted by atomic mass is 16.3. The predicted octanol–water partition coefficient (Wildman–Crippen LogP) is 1.68. The number of nitrogens with zero attached hydrogens (tertiary/aromatic N) is 1. The summed E-state index contributed by atoms with van der Waals surface area (Å²) in [7, 11) is 2.06. The number of likely N-dealkylation sites (N-methyl/N-ethyl adjacent to an activating group) is 1. The van der Waals surface area contributed by atoms with Gasteiger partial charge in [-0.3, -0.25) is 0 Å². The number of unbranched alkanes of at least 4 members (excludes halogenated alkanes) is 1. The first kappa shape index (κ1) is 16.8. The Labute approximate surface area is 132 Å². The molecule has 0 saturated heterocycles. The van der Waals surface area contributed by atoms with Crippen molar-refractivity contribution in [3.8, 4) is 0 Å². The van der Waals surface area contributed by atoms with Crippen LogP contribution in [0.1, 0.15) is 36.9 Å². The first-order valence-corrected chi connectivity index (χ1v) is 8.10. The number of nitrogens with one attached hydrogen (secondary N) is 2. The average Bonchev–Trinajstić information content (AvgIpc) is 2.81. The number of urea groups is 1. The SMILES string of the molecule is CCCCN(C)CCNC(=O)NC1c2ccccc2CC1O. The second-order valence-electron chi connectivity index (χ2n) is 6.01. The molecule has 1 aliphatic carbocycles. The van der Waals surface area contributed by atoms with E-state index in [-0.39, 0.29) is 12.1 Å². The first-order valence-electron chi connectivity index (χ1n) is 8.10. The van der Waals surface area contributed by atoms with Gasteiger partial charge in [0.1, 0.15) is 0 Å².